The fraction of sp³-hybridized carbons (Fsp3) is 1.00. The van der Waals surface area contributed by atoms with Crippen LogP contribution < -0.4 is 5.32 Å². The quantitative estimate of drug-likeness (QED) is 0.820. The molecule has 2 heterocycles. The minimum atomic E-state index is 0.358. The molecule has 0 saturated carbocycles. The van der Waals surface area contributed by atoms with E-state index in [1.165, 1.54) is 32.2 Å². The molecule has 3 heteroatoms. The van der Waals surface area contributed by atoms with Gasteiger partial charge in [0.1, 0.15) is 0 Å². The van der Waals surface area contributed by atoms with Crippen LogP contribution in [0.4, 0.5) is 0 Å². The Kier molecular flexibility index (Phi) is 5.26. The molecule has 3 atom stereocenters. The summed E-state index contributed by atoms with van der Waals surface area (Å²) in [6, 6.07) is 0.693. The van der Waals surface area contributed by atoms with E-state index in [1.54, 1.807) is 0 Å². The van der Waals surface area contributed by atoms with Gasteiger partial charge in [0, 0.05) is 12.6 Å². The number of rotatable bonds is 4. The van der Waals surface area contributed by atoms with Crippen molar-refractivity contribution in [2.24, 2.45) is 0 Å². The lowest BCUT2D eigenvalue weighted by Crippen LogP contribution is -2.37. The van der Waals surface area contributed by atoms with Crippen molar-refractivity contribution in [3.8, 4) is 0 Å². The molecule has 1 N–H and O–H groups in total. The minimum Gasteiger partial charge on any atom is -0.378 e. The van der Waals surface area contributed by atoms with Crippen LogP contribution in [0.2, 0.25) is 0 Å². The van der Waals surface area contributed by atoms with Crippen LogP contribution in [0.3, 0.4) is 0 Å². The topological polar surface area (TPSA) is 30.5 Å². The highest BCUT2D eigenvalue weighted by atomic mass is 16.5. The van der Waals surface area contributed by atoms with Crippen LogP contribution in [0.1, 0.15) is 52.4 Å². The highest BCUT2D eigenvalue weighted by Gasteiger charge is 2.25. The van der Waals surface area contributed by atoms with Gasteiger partial charge in [0.25, 0.3) is 0 Å². The Morgan fingerprint density at radius 3 is 2.59 bits per heavy atom. The van der Waals surface area contributed by atoms with E-state index in [-0.39, 0.29) is 0 Å². The second-order valence-corrected chi connectivity index (χ2v) is 5.66. The van der Waals surface area contributed by atoms with Gasteiger partial charge in [0.15, 0.2) is 0 Å². The first-order valence-corrected chi connectivity index (χ1v) is 7.24. The number of hydrogen-bond donors (Lipinski definition) is 1. The molecule has 0 spiro atoms. The summed E-state index contributed by atoms with van der Waals surface area (Å²) in [7, 11) is 0. The average Bonchev–Trinajstić information content (AvgIpc) is 2.29. The fourth-order valence-corrected chi connectivity index (χ4v) is 3.03. The molecule has 0 aromatic carbocycles. The predicted octanol–water partition coefficient (Wildman–Crippen LogP) is 2.49. The Morgan fingerprint density at radius 1 is 1.18 bits per heavy atom. The lowest BCUT2D eigenvalue weighted by atomic mass is 10.0. The van der Waals surface area contributed by atoms with Crippen LogP contribution in [0.5, 0.6) is 0 Å². The summed E-state index contributed by atoms with van der Waals surface area (Å²) in [5.41, 5.74) is 0. The number of ether oxygens (including phenoxy) is 2. The highest BCUT2D eigenvalue weighted by molar-refractivity contribution is 4.75. The average molecular weight is 241 g/mol. The molecule has 2 aliphatic rings. The zero-order valence-electron chi connectivity index (χ0n) is 11.3. The normalized spacial score (nSPS) is 39.2. The van der Waals surface area contributed by atoms with Crippen molar-refractivity contribution in [3.05, 3.63) is 0 Å². The van der Waals surface area contributed by atoms with Gasteiger partial charge in [-0.25, -0.2) is 0 Å². The number of hydrogen-bond acceptors (Lipinski definition) is 3. The molecule has 2 aliphatic heterocycles. The Balaban J connectivity index is 1.60. The summed E-state index contributed by atoms with van der Waals surface area (Å²) in [4.78, 5) is 0. The molecule has 3 nitrogen and oxygen atoms in total. The lowest BCUT2D eigenvalue weighted by Gasteiger charge is -2.32. The van der Waals surface area contributed by atoms with Gasteiger partial charge < -0.3 is 14.8 Å². The summed E-state index contributed by atoms with van der Waals surface area (Å²) in [5, 5.41) is 3.57. The molecule has 100 valence electrons. The summed E-state index contributed by atoms with van der Waals surface area (Å²) >= 11 is 0. The molecule has 0 aromatic rings. The van der Waals surface area contributed by atoms with Crippen molar-refractivity contribution in [2.75, 3.05) is 13.2 Å². The maximum atomic E-state index is 6.01. The molecule has 2 rings (SSSR count). The zero-order valence-corrected chi connectivity index (χ0v) is 11.3. The van der Waals surface area contributed by atoms with E-state index in [9.17, 15) is 0 Å². The van der Waals surface area contributed by atoms with Gasteiger partial charge in [-0.1, -0.05) is 6.42 Å². The van der Waals surface area contributed by atoms with Crippen LogP contribution in [0, 0.1) is 0 Å². The predicted molar refractivity (Wildman–Crippen MR) is 69.2 cm³/mol. The fourth-order valence-electron chi connectivity index (χ4n) is 3.03. The Labute approximate surface area is 105 Å². The van der Waals surface area contributed by atoms with Gasteiger partial charge in [-0.15, -0.1) is 0 Å². The van der Waals surface area contributed by atoms with Crippen molar-refractivity contribution < 1.29 is 9.47 Å². The first-order valence-electron chi connectivity index (χ1n) is 7.24. The monoisotopic (exact) mass is 241 g/mol. The number of nitrogens with one attached hydrogen (secondary N) is 1. The lowest BCUT2D eigenvalue weighted by molar-refractivity contribution is -0.102. The van der Waals surface area contributed by atoms with E-state index in [0.717, 1.165) is 19.4 Å². The Bertz CT molecular complexity index is 206. The van der Waals surface area contributed by atoms with Gasteiger partial charge in [0.2, 0.25) is 0 Å². The standard InChI is InChI=1S/C14H27NO2/c1-11-9-14(10-12(2)17-11)16-8-6-13-5-3-4-7-15-13/h11-15H,3-10H2,1-2H3. The van der Waals surface area contributed by atoms with Crippen molar-refractivity contribution >= 4 is 0 Å². The smallest absolute Gasteiger partial charge is 0.0624 e. The Hall–Kier alpha value is -0.120. The molecule has 2 saturated heterocycles. The van der Waals surface area contributed by atoms with Crippen LogP contribution in [0.25, 0.3) is 0 Å². The van der Waals surface area contributed by atoms with Crippen molar-refractivity contribution in [1.82, 2.24) is 5.32 Å². The molecule has 0 aromatic heterocycles. The van der Waals surface area contributed by atoms with Crippen molar-refractivity contribution in [1.29, 1.82) is 0 Å². The third-order valence-electron chi connectivity index (χ3n) is 3.89. The van der Waals surface area contributed by atoms with E-state index in [2.05, 4.69) is 19.2 Å². The third kappa shape index (κ3) is 4.57. The summed E-state index contributed by atoms with van der Waals surface area (Å²) < 4.78 is 11.7. The van der Waals surface area contributed by atoms with Gasteiger partial charge in [-0.05, 0) is 52.5 Å². The van der Waals surface area contributed by atoms with Gasteiger partial charge in [-0.2, -0.15) is 0 Å². The van der Waals surface area contributed by atoms with E-state index in [1.807, 2.05) is 0 Å². The van der Waals surface area contributed by atoms with Gasteiger partial charge in [0.05, 0.1) is 18.3 Å². The molecule has 17 heavy (non-hydrogen) atoms. The maximum Gasteiger partial charge on any atom is 0.0624 e. The zero-order chi connectivity index (χ0) is 12.1. The molecule has 2 fully saturated rings. The summed E-state index contributed by atoms with van der Waals surface area (Å²) in [6.07, 6.45) is 8.45. The number of piperidine rings is 1. The molecule has 0 aliphatic carbocycles. The van der Waals surface area contributed by atoms with Crippen LogP contribution in [-0.4, -0.2) is 37.5 Å². The van der Waals surface area contributed by atoms with E-state index >= 15 is 0 Å². The van der Waals surface area contributed by atoms with Crippen LogP contribution >= 0.6 is 0 Å². The van der Waals surface area contributed by atoms with E-state index < -0.39 is 0 Å². The SMILES string of the molecule is CC1CC(OCCC2CCCCN2)CC(C)O1. The largest absolute Gasteiger partial charge is 0.378 e. The van der Waals surface area contributed by atoms with Crippen molar-refractivity contribution in [2.45, 2.75) is 76.7 Å². The van der Waals surface area contributed by atoms with Gasteiger partial charge in [-0.3, -0.25) is 0 Å². The first kappa shape index (κ1) is 13.3. The Morgan fingerprint density at radius 2 is 1.94 bits per heavy atom. The second-order valence-electron chi connectivity index (χ2n) is 5.66. The third-order valence-corrected chi connectivity index (χ3v) is 3.89. The molecular weight excluding hydrogens is 214 g/mol. The summed E-state index contributed by atoms with van der Waals surface area (Å²) in [6.45, 7) is 6.39. The summed E-state index contributed by atoms with van der Waals surface area (Å²) in [5.74, 6) is 0. The highest BCUT2D eigenvalue weighted by Crippen LogP contribution is 2.22. The molecule has 3 unspecified atom stereocenters. The molecule has 0 bridgehead atoms. The van der Waals surface area contributed by atoms with Crippen LogP contribution in [0.15, 0.2) is 0 Å². The van der Waals surface area contributed by atoms with Crippen molar-refractivity contribution in [3.63, 3.8) is 0 Å². The molecule has 0 amide bonds. The first-order chi connectivity index (χ1) is 8.24. The van der Waals surface area contributed by atoms with E-state index in [4.69, 9.17) is 9.47 Å². The van der Waals surface area contributed by atoms with E-state index in [0.29, 0.717) is 24.4 Å². The maximum absolute atomic E-state index is 6.01. The van der Waals surface area contributed by atoms with Crippen LogP contribution in [-0.2, 0) is 9.47 Å². The van der Waals surface area contributed by atoms with Gasteiger partial charge >= 0.3 is 0 Å². The second kappa shape index (κ2) is 6.72. The molecular formula is C14H27NO2. The minimum absolute atomic E-state index is 0.358. The molecule has 0 radical (unpaired) electrons.